The molecule has 2 rings (SSSR count). The highest BCUT2D eigenvalue weighted by molar-refractivity contribution is 6.35. The van der Waals surface area contributed by atoms with Crippen molar-refractivity contribution >= 4 is 35.1 Å². The van der Waals surface area contributed by atoms with Gasteiger partial charge in [0.15, 0.2) is 6.10 Å². The number of benzene rings is 1. The number of carboxylic acid groups (broad SMARTS) is 1. The van der Waals surface area contributed by atoms with Gasteiger partial charge in [0.2, 0.25) is 5.91 Å². The minimum Gasteiger partial charge on any atom is -0.479 e. The third kappa shape index (κ3) is 4.09. The maximum atomic E-state index is 11.9. The molecule has 0 aromatic heterocycles. The van der Waals surface area contributed by atoms with Gasteiger partial charge in [0, 0.05) is 16.6 Å². The predicted octanol–water partition coefficient (Wildman–Crippen LogP) is 2.28. The summed E-state index contributed by atoms with van der Waals surface area (Å²) >= 11 is 12.1. The van der Waals surface area contributed by atoms with Crippen molar-refractivity contribution in [2.24, 2.45) is 0 Å². The maximum absolute atomic E-state index is 11.9. The molecule has 1 amide bonds. The van der Waals surface area contributed by atoms with Gasteiger partial charge in [-0.3, -0.25) is 4.79 Å². The monoisotopic (exact) mass is 331 g/mol. The SMILES string of the molecule is O=C(NCCc1c(Cl)cccc1Cl)[C@@H]1CC[C@H](C(=O)O)O1. The summed E-state index contributed by atoms with van der Waals surface area (Å²) in [5, 5.41) is 12.6. The summed E-state index contributed by atoms with van der Waals surface area (Å²) in [5.41, 5.74) is 0.775. The summed E-state index contributed by atoms with van der Waals surface area (Å²) in [6.45, 7) is 0.361. The minimum absolute atomic E-state index is 0.304. The molecule has 1 aliphatic rings. The Kier molecular flexibility index (Phi) is 5.45. The Hall–Kier alpha value is -1.30. The zero-order chi connectivity index (χ0) is 15.4. The van der Waals surface area contributed by atoms with E-state index >= 15 is 0 Å². The zero-order valence-corrected chi connectivity index (χ0v) is 12.7. The van der Waals surface area contributed by atoms with Crippen molar-refractivity contribution in [1.29, 1.82) is 0 Å². The molecule has 0 saturated carbocycles. The normalized spacial score (nSPS) is 21.2. The quantitative estimate of drug-likeness (QED) is 0.867. The highest BCUT2D eigenvalue weighted by atomic mass is 35.5. The van der Waals surface area contributed by atoms with E-state index in [-0.39, 0.29) is 5.91 Å². The second kappa shape index (κ2) is 7.11. The zero-order valence-electron chi connectivity index (χ0n) is 11.1. The minimum atomic E-state index is -1.03. The lowest BCUT2D eigenvalue weighted by Crippen LogP contribution is -2.36. The van der Waals surface area contributed by atoms with Crippen molar-refractivity contribution in [2.75, 3.05) is 6.54 Å². The molecule has 1 aromatic carbocycles. The molecular weight excluding hydrogens is 317 g/mol. The van der Waals surface area contributed by atoms with Gasteiger partial charge in [-0.1, -0.05) is 29.3 Å². The van der Waals surface area contributed by atoms with Gasteiger partial charge in [-0.05, 0) is 37.0 Å². The van der Waals surface area contributed by atoms with Gasteiger partial charge in [0.05, 0.1) is 0 Å². The first-order valence-corrected chi connectivity index (χ1v) is 7.33. The van der Waals surface area contributed by atoms with Crippen LogP contribution >= 0.6 is 23.2 Å². The Morgan fingerprint density at radius 2 is 1.86 bits per heavy atom. The average Bonchev–Trinajstić information content (AvgIpc) is 2.92. The van der Waals surface area contributed by atoms with E-state index in [1.807, 2.05) is 0 Å². The van der Waals surface area contributed by atoms with E-state index < -0.39 is 18.2 Å². The summed E-state index contributed by atoms with van der Waals surface area (Å²) in [4.78, 5) is 22.6. The lowest BCUT2D eigenvalue weighted by atomic mass is 10.1. The van der Waals surface area contributed by atoms with Crippen LogP contribution in [0.2, 0.25) is 10.0 Å². The number of hydrogen-bond donors (Lipinski definition) is 2. The van der Waals surface area contributed by atoms with Crippen LogP contribution in [-0.2, 0) is 20.7 Å². The van der Waals surface area contributed by atoms with Gasteiger partial charge < -0.3 is 15.2 Å². The number of hydrogen-bond acceptors (Lipinski definition) is 3. The van der Waals surface area contributed by atoms with Crippen LogP contribution in [0.1, 0.15) is 18.4 Å². The van der Waals surface area contributed by atoms with Gasteiger partial charge in [-0.15, -0.1) is 0 Å². The first-order valence-electron chi connectivity index (χ1n) is 6.58. The summed E-state index contributed by atoms with van der Waals surface area (Å²) in [6, 6.07) is 5.23. The van der Waals surface area contributed by atoms with Crippen molar-refractivity contribution in [3.8, 4) is 0 Å². The fraction of sp³-hybridized carbons (Fsp3) is 0.429. The van der Waals surface area contributed by atoms with Gasteiger partial charge in [-0.2, -0.15) is 0 Å². The van der Waals surface area contributed by atoms with E-state index in [0.29, 0.717) is 35.9 Å². The molecule has 1 heterocycles. The van der Waals surface area contributed by atoms with E-state index in [4.69, 9.17) is 33.0 Å². The van der Waals surface area contributed by atoms with E-state index in [1.165, 1.54) is 0 Å². The van der Waals surface area contributed by atoms with Crippen LogP contribution in [0.5, 0.6) is 0 Å². The highest BCUT2D eigenvalue weighted by Gasteiger charge is 2.34. The number of halogens is 2. The van der Waals surface area contributed by atoms with Crippen LogP contribution < -0.4 is 5.32 Å². The first-order chi connectivity index (χ1) is 9.99. The number of ether oxygens (including phenoxy) is 1. The second-order valence-corrected chi connectivity index (χ2v) is 5.58. The van der Waals surface area contributed by atoms with E-state index in [2.05, 4.69) is 5.32 Å². The van der Waals surface area contributed by atoms with Crippen LogP contribution in [-0.4, -0.2) is 35.7 Å². The van der Waals surface area contributed by atoms with Gasteiger partial charge in [-0.25, -0.2) is 4.79 Å². The number of carbonyl (C=O) groups excluding carboxylic acids is 1. The number of nitrogens with one attached hydrogen (secondary N) is 1. The smallest absolute Gasteiger partial charge is 0.332 e. The van der Waals surface area contributed by atoms with Crippen molar-refractivity contribution in [1.82, 2.24) is 5.32 Å². The molecule has 0 aliphatic carbocycles. The molecule has 1 aromatic rings. The molecule has 1 saturated heterocycles. The molecular formula is C14H15Cl2NO4. The fourth-order valence-corrected chi connectivity index (χ4v) is 2.79. The van der Waals surface area contributed by atoms with E-state index in [1.54, 1.807) is 18.2 Å². The van der Waals surface area contributed by atoms with Crippen LogP contribution in [0.15, 0.2) is 18.2 Å². The molecule has 0 bridgehead atoms. The molecule has 0 unspecified atom stereocenters. The Bertz CT molecular complexity index is 530. The van der Waals surface area contributed by atoms with Crippen LogP contribution in [0.25, 0.3) is 0 Å². The Labute approximate surface area is 132 Å². The molecule has 1 aliphatic heterocycles. The van der Waals surface area contributed by atoms with Crippen molar-refractivity contribution in [3.05, 3.63) is 33.8 Å². The van der Waals surface area contributed by atoms with Crippen molar-refractivity contribution < 1.29 is 19.4 Å². The number of amides is 1. The Morgan fingerprint density at radius 3 is 2.43 bits per heavy atom. The molecule has 7 heteroatoms. The molecule has 2 N–H and O–H groups in total. The average molecular weight is 332 g/mol. The lowest BCUT2D eigenvalue weighted by molar-refractivity contribution is -0.151. The number of carboxylic acids is 1. The number of carbonyl (C=O) groups is 2. The number of aliphatic carboxylic acids is 1. The van der Waals surface area contributed by atoms with Gasteiger partial charge >= 0.3 is 5.97 Å². The van der Waals surface area contributed by atoms with Crippen LogP contribution in [0.4, 0.5) is 0 Å². The van der Waals surface area contributed by atoms with Gasteiger partial charge in [0.1, 0.15) is 6.10 Å². The Morgan fingerprint density at radius 1 is 1.24 bits per heavy atom. The standard InChI is InChI=1S/C14H15Cl2NO4/c15-9-2-1-3-10(16)8(9)6-7-17-13(18)11-4-5-12(21-11)14(19)20/h1-3,11-12H,4-7H2,(H,17,18)(H,19,20)/t11-,12+/m0/s1. The third-order valence-corrected chi connectivity index (χ3v) is 4.03. The molecule has 114 valence electrons. The summed E-state index contributed by atoms with van der Waals surface area (Å²) in [5.74, 6) is -1.34. The number of rotatable bonds is 5. The Balaban J connectivity index is 1.81. The molecule has 2 atom stereocenters. The van der Waals surface area contributed by atoms with Gasteiger partial charge in [0.25, 0.3) is 0 Å². The second-order valence-electron chi connectivity index (χ2n) is 4.77. The summed E-state index contributed by atoms with van der Waals surface area (Å²) < 4.78 is 5.17. The van der Waals surface area contributed by atoms with Crippen molar-refractivity contribution in [2.45, 2.75) is 31.5 Å². The van der Waals surface area contributed by atoms with Crippen molar-refractivity contribution in [3.63, 3.8) is 0 Å². The maximum Gasteiger partial charge on any atom is 0.332 e. The molecule has 1 fully saturated rings. The first kappa shape index (κ1) is 16.1. The van der Waals surface area contributed by atoms with E-state index in [0.717, 1.165) is 5.56 Å². The molecule has 0 spiro atoms. The lowest BCUT2D eigenvalue weighted by Gasteiger charge is -2.12. The molecule has 21 heavy (non-hydrogen) atoms. The van der Waals surface area contributed by atoms with Crippen LogP contribution in [0.3, 0.4) is 0 Å². The largest absolute Gasteiger partial charge is 0.479 e. The topological polar surface area (TPSA) is 75.6 Å². The summed E-state index contributed by atoms with van der Waals surface area (Å²) in [6.07, 6.45) is -0.328. The van der Waals surface area contributed by atoms with E-state index in [9.17, 15) is 9.59 Å². The summed E-state index contributed by atoms with van der Waals surface area (Å²) in [7, 11) is 0. The molecule has 5 nitrogen and oxygen atoms in total. The predicted molar refractivity (Wildman–Crippen MR) is 78.7 cm³/mol. The highest BCUT2D eigenvalue weighted by Crippen LogP contribution is 2.24. The molecule has 0 radical (unpaired) electrons. The fourth-order valence-electron chi connectivity index (χ4n) is 2.21. The van der Waals surface area contributed by atoms with Crippen LogP contribution in [0, 0.1) is 0 Å². The third-order valence-electron chi connectivity index (χ3n) is 3.32.